The van der Waals surface area contributed by atoms with Gasteiger partial charge in [-0.15, -0.1) is 0 Å². The van der Waals surface area contributed by atoms with Gasteiger partial charge in [0.05, 0.1) is 6.10 Å². The molecule has 0 saturated carbocycles. The van der Waals surface area contributed by atoms with Crippen molar-refractivity contribution in [3.63, 3.8) is 0 Å². The Kier molecular flexibility index (Phi) is 5.83. The van der Waals surface area contributed by atoms with Crippen LogP contribution in [0.5, 0.6) is 0 Å². The van der Waals surface area contributed by atoms with E-state index >= 15 is 0 Å². The molecule has 3 nitrogen and oxygen atoms in total. The molecule has 0 aliphatic carbocycles. The molecular weight excluding hydrogens is 236 g/mol. The van der Waals surface area contributed by atoms with Gasteiger partial charge in [0.2, 0.25) is 0 Å². The fraction of sp³-hybridized carbons (Fsp3) is 0.625. The first-order valence-corrected chi connectivity index (χ1v) is 7.36. The van der Waals surface area contributed by atoms with Crippen LogP contribution in [0.3, 0.4) is 0 Å². The Labute approximate surface area is 116 Å². The molecule has 1 aliphatic rings. The zero-order valence-corrected chi connectivity index (χ0v) is 12.0. The van der Waals surface area contributed by atoms with E-state index < -0.39 is 0 Å². The lowest BCUT2D eigenvalue weighted by atomic mass is 10.0. The van der Waals surface area contributed by atoms with Crippen molar-refractivity contribution in [1.82, 2.24) is 4.90 Å². The minimum absolute atomic E-state index is 0.417. The maximum atomic E-state index is 5.80. The van der Waals surface area contributed by atoms with Crippen LogP contribution in [0, 0.1) is 0 Å². The van der Waals surface area contributed by atoms with Crippen molar-refractivity contribution in [2.24, 2.45) is 5.73 Å². The molecule has 0 radical (unpaired) electrons. The normalized spacial score (nSPS) is 19.8. The number of benzene rings is 1. The molecule has 1 unspecified atom stereocenters. The zero-order chi connectivity index (χ0) is 13.5. The summed E-state index contributed by atoms with van der Waals surface area (Å²) in [4.78, 5) is 2.37. The summed E-state index contributed by atoms with van der Waals surface area (Å²) in [6, 6.07) is 8.61. The van der Waals surface area contributed by atoms with Gasteiger partial charge in [-0.1, -0.05) is 24.3 Å². The van der Waals surface area contributed by atoms with Crippen LogP contribution < -0.4 is 5.73 Å². The summed E-state index contributed by atoms with van der Waals surface area (Å²) in [6.45, 7) is 3.65. The summed E-state index contributed by atoms with van der Waals surface area (Å²) in [7, 11) is 2.18. The average molecular weight is 262 g/mol. The molecule has 1 saturated heterocycles. The van der Waals surface area contributed by atoms with Crippen molar-refractivity contribution in [2.75, 3.05) is 26.7 Å². The summed E-state index contributed by atoms with van der Waals surface area (Å²) >= 11 is 0. The lowest BCUT2D eigenvalue weighted by Gasteiger charge is -2.27. The predicted molar refractivity (Wildman–Crippen MR) is 79.1 cm³/mol. The second-order valence-electron chi connectivity index (χ2n) is 5.49. The van der Waals surface area contributed by atoms with Gasteiger partial charge in [-0.25, -0.2) is 0 Å². The molecule has 1 aromatic rings. The highest BCUT2D eigenvalue weighted by atomic mass is 16.5. The molecule has 2 rings (SSSR count). The molecule has 0 spiro atoms. The van der Waals surface area contributed by atoms with Crippen molar-refractivity contribution < 1.29 is 4.74 Å². The lowest BCUT2D eigenvalue weighted by Crippen LogP contribution is -2.33. The Morgan fingerprint density at radius 1 is 1.26 bits per heavy atom. The van der Waals surface area contributed by atoms with Crippen molar-refractivity contribution in [2.45, 2.75) is 38.3 Å². The summed E-state index contributed by atoms with van der Waals surface area (Å²) < 4.78 is 5.80. The highest BCUT2D eigenvalue weighted by Crippen LogP contribution is 2.16. The van der Waals surface area contributed by atoms with E-state index in [0.29, 0.717) is 12.6 Å². The average Bonchev–Trinajstić information content (AvgIpc) is 2.42. The van der Waals surface area contributed by atoms with Crippen LogP contribution >= 0.6 is 0 Å². The van der Waals surface area contributed by atoms with Crippen LogP contribution in [0.25, 0.3) is 0 Å². The second-order valence-corrected chi connectivity index (χ2v) is 5.49. The molecule has 106 valence electrons. The van der Waals surface area contributed by atoms with E-state index in [0.717, 1.165) is 26.1 Å². The minimum atomic E-state index is 0.417. The Hall–Kier alpha value is -0.900. The van der Waals surface area contributed by atoms with Gasteiger partial charge in [-0.05, 0) is 50.4 Å². The van der Waals surface area contributed by atoms with Gasteiger partial charge in [0, 0.05) is 19.7 Å². The highest BCUT2D eigenvalue weighted by Gasteiger charge is 2.16. The van der Waals surface area contributed by atoms with E-state index in [1.807, 2.05) is 0 Å². The number of nitrogens with two attached hydrogens (primary N) is 1. The van der Waals surface area contributed by atoms with Crippen LogP contribution in [0.1, 0.15) is 30.4 Å². The smallest absolute Gasteiger partial charge is 0.0702 e. The molecule has 1 fully saturated rings. The van der Waals surface area contributed by atoms with Gasteiger partial charge < -0.3 is 10.5 Å². The second kappa shape index (κ2) is 7.63. The topological polar surface area (TPSA) is 38.5 Å². The standard InChI is InChI=1S/C16H26N2O/c1-18(13-16-8-4-5-11-19-16)12-15-7-3-2-6-14(15)9-10-17/h2-3,6-7,16H,4-5,8-13,17H2,1H3. The highest BCUT2D eigenvalue weighted by molar-refractivity contribution is 5.27. The molecule has 1 aromatic carbocycles. The van der Waals surface area contributed by atoms with Crippen LogP contribution in [-0.4, -0.2) is 37.7 Å². The Morgan fingerprint density at radius 2 is 2.05 bits per heavy atom. The Bertz CT molecular complexity index is 375. The van der Waals surface area contributed by atoms with E-state index in [9.17, 15) is 0 Å². The number of rotatable bonds is 6. The maximum absolute atomic E-state index is 5.80. The van der Waals surface area contributed by atoms with Crippen LogP contribution in [0.15, 0.2) is 24.3 Å². The monoisotopic (exact) mass is 262 g/mol. The zero-order valence-electron chi connectivity index (χ0n) is 12.0. The minimum Gasteiger partial charge on any atom is -0.377 e. The summed E-state index contributed by atoms with van der Waals surface area (Å²) in [6.07, 6.45) is 5.11. The van der Waals surface area contributed by atoms with Gasteiger partial charge in [0.15, 0.2) is 0 Å². The summed E-state index contributed by atoms with van der Waals surface area (Å²) in [5.74, 6) is 0. The van der Waals surface area contributed by atoms with E-state index in [-0.39, 0.29) is 0 Å². The van der Waals surface area contributed by atoms with Crippen molar-refractivity contribution in [3.05, 3.63) is 35.4 Å². The largest absolute Gasteiger partial charge is 0.377 e. The number of hydrogen-bond acceptors (Lipinski definition) is 3. The maximum Gasteiger partial charge on any atom is 0.0702 e. The molecule has 0 bridgehead atoms. The Balaban J connectivity index is 1.88. The quantitative estimate of drug-likeness (QED) is 0.854. The van der Waals surface area contributed by atoms with Crippen LogP contribution in [0.4, 0.5) is 0 Å². The first-order chi connectivity index (χ1) is 9.29. The van der Waals surface area contributed by atoms with Gasteiger partial charge in [-0.3, -0.25) is 4.90 Å². The van der Waals surface area contributed by atoms with Gasteiger partial charge in [0.25, 0.3) is 0 Å². The van der Waals surface area contributed by atoms with Crippen molar-refractivity contribution >= 4 is 0 Å². The molecule has 0 amide bonds. The van der Waals surface area contributed by atoms with E-state index in [2.05, 4.69) is 36.2 Å². The van der Waals surface area contributed by atoms with E-state index in [1.54, 1.807) is 0 Å². The van der Waals surface area contributed by atoms with Gasteiger partial charge in [-0.2, -0.15) is 0 Å². The van der Waals surface area contributed by atoms with E-state index in [4.69, 9.17) is 10.5 Å². The number of likely N-dealkylation sites (N-methyl/N-ethyl adjacent to an activating group) is 1. The third-order valence-electron chi connectivity index (χ3n) is 3.76. The fourth-order valence-electron chi connectivity index (χ4n) is 2.77. The van der Waals surface area contributed by atoms with Gasteiger partial charge in [0.1, 0.15) is 0 Å². The molecule has 3 heteroatoms. The molecule has 2 N–H and O–H groups in total. The fourth-order valence-corrected chi connectivity index (χ4v) is 2.77. The molecule has 0 aromatic heterocycles. The number of hydrogen-bond donors (Lipinski definition) is 1. The third-order valence-corrected chi connectivity index (χ3v) is 3.76. The molecule has 1 atom stereocenters. The van der Waals surface area contributed by atoms with Crippen molar-refractivity contribution in [3.8, 4) is 0 Å². The predicted octanol–water partition coefficient (Wildman–Crippen LogP) is 2.19. The number of ether oxygens (including phenoxy) is 1. The van der Waals surface area contributed by atoms with Crippen molar-refractivity contribution in [1.29, 1.82) is 0 Å². The molecule has 1 aliphatic heterocycles. The Morgan fingerprint density at radius 3 is 2.74 bits per heavy atom. The van der Waals surface area contributed by atoms with Gasteiger partial charge >= 0.3 is 0 Å². The lowest BCUT2D eigenvalue weighted by molar-refractivity contribution is -0.00262. The number of nitrogens with zero attached hydrogens (tertiary/aromatic N) is 1. The molecule has 19 heavy (non-hydrogen) atoms. The first-order valence-electron chi connectivity index (χ1n) is 7.36. The molecule has 1 heterocycles. The van der Waals surface area contributed by atoms with Crippen LogP contribution in [0.2, 0.25) is 0 Å². The molecular formula is C16H26N2O. The third kappa shape index (κ3) is 4.60. The van der Waals surface area contributed by atoms with Crippen LogP contribution in [-0.2, 0) is 17.7 Å². The first kappa shape index (κ1) is 14.5. The SMILES string of the molecule is CN(Cc1ccccc1CCN)CC1CCCCO1. The van der Waals surface area contributed by atoms with E-state index in [1.165, 1.54) is 30.4 Å². The summed E-state index contributed by atoms with van der Waals surface area (Å²) in [5, 5.41) is 0. The summed E-state index contributed by atoms with van der Waals surface area (Å²) in [5.41, 5.74) is 8.45.